The molecule has 2 atom stereocenters. The number of carbonyl (C=O) groups excluding carboxylic acids is 2. The van der Waals surface area contributed by atoms with E-state index in [0.29, 0.717) is 33.6 Å². The molecule has 0 radical (unpaired) electrons. The number of carbonyl (C=O) groups is 2. The van der Waals surface area contributed by atoms with Crippen molar-refractivity contribution in [3.8, 4) is 17.2 Å². The van der Waals surface area contributed by atoms with E-state index in [0.717, 1.165) is 4.90 Å². The van der Waals surface area contributed by atoms with E-state index in [-0.39, 0.29) is 25.2 Å². The first kappa shape index (κ1) is 20.8. The highest BCUT2D eigenvalue weighted by Crippen LogP contribution is 2.34. The summed E-state index contributed by atoms with van der Waals surface area (Å²) in [5.74, 6) is 1.27. The number of fused-ring (bicyclic) bond motifs is 1. The second kappa shape index (κ2) is 9.02. The molecule has 2 aromatic carbocycles. The number of benzene rings is 2. The van der Waals surface area contributed by atoms with Crippen LogP contribution in [-0.2, 0) is 9.59 Å². The highest BCUT2D eigenvalue weighted by atomic mass is 35.5. The van der Waals surface area contributed by atoms with E-state index in [1.807, 2.05) is 0 Å². The molecule has 3 rings (SSSR count). The van der Waals surface area contributed by atoms with Crippen LogP contribution in [0.1, 0.15) is 6.92 Å². The van der Waals surface area contributed by atoms with E-state index in [1.165, 1.54) is 7.11 Å². The maximum Gasteiger partial charge on any atom is 0.282 e. The lowest BCUT2D eigenvalue weighted by Gasteiger charge is -2.21. The highest BCUT2D eigenvalue weighted by molar-refractivity contribution is 6.31. The number of amides is 2. The average molecular weight is 421 g/mol. The Morgan fingerprint density at radius 3 is 2.69 bits per heavy atom. The summed E-state index contributed by atoms with van der Waals surface area (Å²) in [6.07, 6.45) is 0. The van der Waals surface area contributed by atoms with Crippen molar-refractivity contribution in [3.63, 3.8) is 0 Å². The fraction of sp³-hybridized carbons (Fsp3) is 0.300. The number of likely N-dealkylation sites (N-methyl/N-ethyl adjacent to an activating group) is 1. The molecule has 2 amide bonds. The maximum absolute atomic E-state index is 12.6. The monoisotopic (exact) mass is 420 g/mol. The van der Waals surface area contributed by atoms with Gasteiger partial charge >= 0.3 is 0 Å². The first-order valence-electron chi connectivity index (χ1n) is 9.03. The molecule has 8 nitrogen and oxygen atoms in total. The van der Waals surface area contributed by atoms with Gasteiger partial charge in [0, 0.05) is 16.8 Å². The zero-order chi connectivity index (χ0) is 21.0. The molecule has 29 heavy (non-hydrogen) atoms. The van der Waals surface area contributed by atoms with Crippen molar-refractivity contribution in [1.82, 2.24) is 0 Å². The van der Waals surface area contributed by atoms with E-state index in [1.54, 1.807) is 50.4 Å². The van der Waals surface area contributed by atoms with E-state index in [9.17, 15) is 9.59 Å². The van der Waals surface area contributed by atoms with Crippen molar-refractivity contribution in [2.24, 2.45) is 0 Å². The smallest absolute Gasteiger partial charge is 0.282 e. The molecule has 2 aromatic rings. The van der Waals surface area contributed by atoms with Crippen molar-refractivity contribution in [2.75, 3.05) is 38.1 Å². The summed E-state index contributed by atoms with van der Waals surface area (Å²) >= 11 is 5.99. The Labute approximate surface area is 173 Å². The number of methoxy groups -OCH3 is 1. The Morgan fingerprint density at radius 2 is 1.93 bits per heavy atom. The van der Waals surface area contributed by atoms with Gasteiger partial charge in [0.2, 0.25) is 6.79 Å². The number of rotatable bonds is 7. The molecule has 1 unspecified atom stereocenters. The van der Waals surface area contributed by atoms with Gasteiger partial charge < -0.3 is 29.7 Å². The van der Waals surface area contributed by atoms with Crippen LogP contribution in [0.15, 0.2) is 36.4 Å². The molecule has 1 aliphatic rings. The molecule has 0 aromatic heterocycles. The van der Waals surface area contributed by atoms with E-state index >= 15 is 0 Å². The third-order valence-electron chi connectivity index (χ3n) is 4.65. The Hall–Kier alpha value is -2.97. The second-order valence-corrected chi connectivity index (χ2v) is 7.13. The van der Waals surface area contributed by atoms with Gasteiger partial charge in [-0.2, -0.15) is 0 Å². The number of hydrogen-bond donors (Lipinski definition) is 3. The van der Waals surface area contributed by atoms with Crippen molar-refractivity contribution >= 4 is 34.8 Å². The minimum Gasteiger partial charge on any atom is -0.495 e. The molecule has 0 bridgehead atoms. The summed E-state index contributed by atoms with van der Waals surface area (Å²) in [7, 11) is 3.29. The maximum atomic E-state index is 12.6. The summed E-state index contributed by atoms with van der Waals surface area (Å²) in [6, 6.07) is 9.69. The second-order valence-electron chi connectivity index (χ2n) is 6.69. The van der Waals surface area contributed by atoms with Gasteiger partial charge in [0.05, 0.1) is 19.8 Å². The van der Waals surface area contributed by atoms with Crippen molar-refractivity contribution in [2.45, 2.75) is 13.0 Å². The zero-order valence-electron chi connectivity index (χ0n) is 16.4. The van der Waals surface area contributed by atoms with Crippen LogP contribution in [0.25, 0.3) is 0 Å². The lowest BCUT2D eigenvalue weighted by Crippen LogP contribution is -3.14. The van der Waals surface area contributed by atoms with Crippen molar-refractivity contribution in [1.29, 1.82) is 0 Å². The molecule has 0 saturated heterocycles. The van der Waals surface area contributed by atoms with Crippen LogP contribution in [0.2, 0.25) is 5.02 Å². The fourth-order valence-corrected chi connectivity index (χ4v) is 3.00. The van der Waals surface area contributed by atoms with E-state index in [4.69, 9.17) is 25.8 Å². The Kier molecular flexibility index (Phi) is 6.46. The molecule has 1 heterocycles. The van der Waals surface area contributed by atoms with Crippen LogP contribution >= 0.6 is 11.6 Å². The van der Waals surface area contributed by atoms with Gasteiger partial charge in [0.1, 0.15) is 5.75 Å². The molecule has 0 spiro atoms. The van der Waals surface area contributed by atoms with Gasteiger partial charge in [-0.1, -0.05) is 11.6 Å². The van der Waals surface area contributed by atoms with Gasteiger partial charge in [-0.05, 0) is 37.3 Å². The number of halogens is 1. The first-order chi connectivity index (χ1) is 13.9. The highest BCUT2D eigenvalue weighted by Gasteiger charge is 2.25. The molecular weight excluding hydrogens is 398 g/mol. The number of ether oxygens (including phenoxy) is 3. The number of nitrogens with one attached hydrogen (secondary N) is 3. The van der Waals surface area contributed by atoms with E-state index < -0.39 is 6.04 Å². The molecule has 0 fully saturated rings. The summed E-state index contributed by atoms with van der Waals surface area (Å²) in [4.78, 5) is 25.7. The molecule has 3 N–H and O–H groups in total. The molecule has 1 aliphatic heterocycles. The van der Waals surface area contributed by atoms with Gasteiger partial charge in [0.25, 0.3) is 11.8 Å². The third kappa shape index (κ3) is 5.10. The lowest BCUT2D eigenvalue weighted by molar-refractivity contribution is -0.885. The fourth-order valence-electron chi connectivity index (χ4n) is 2.83. The van der Waals surface area contributed by atoms with Crippen LogP contribution in [-0.4, -0.2) is 45.4 Å². The first-order valence-corrected chi connectivity index (χ1v) is 9.41. The topological polar surface area (TPSA) is 90.3 Å². The standard InChI is InChI=1S/C20H22ClN3O5/c1-12(20(26)22-14-5-7-17-18(9-14)29-11-28-17)24(2)10-19(25)23-15-8-13(21)4-6-16(15)27-3/h4-9,12H,10-11H2,1-3H3,(H,22,26)(H,23,25)/p+1/t12-/m1/s1. The summed E-state index contributed by atoms with van der Waals surface area (Å²) < 4.78 is 15.8. The molecule has 9 heteroatoms. The van der Waals surface area contributed by atoms with E-state index in [2.05, 4.69) is 10.6 Å². The minimum absolute atomic E-state index is 0.0887. The van der Waals surface area contributed by atoms with Gasteiger partial charge in [-0.3, -0.25) is 9.59 Å². The predicted octanol–water partition coefficient (Wildman–Crippen LogP) is 1.56. The molecule has 154 valence electrons. The van der Waals surface area contributed by atoms with Gasteiger partial charge in [-0.15, -0.1) is 0 Å². The van der Waals surface area contributed by atoms with Crippen LogP contribution in [0.3, 0.4) is 0 Å². The van der Waals surface area contributed by atoms with Crippen LogP contribution in [0.5, 0.6) is 17.2 Å². The Bertz CT molecular complexity index is 921. The summed E-state index contributed by atoms with van der Waals surface area (Å²) in [5, 5.41) is 6.09. The quantitative estimate of drug-likeness (QED) is 0.632. The zero-order valence-corrected chi connectivity index (χ0v) is 17.1. The molecule has 0 saturated carbocycles. The average Bonchev–Trinajstić information content (AvgIpc) is 3.15. The third-order valence-corrected chi connectivity index (χ3v) is 4.88. The minimum atomic E-state index is -0.465. The summed E-state index contributed by atoms with van der Waals surface area (Å²) in [6.45, 7) is 2.01. The number of hydrogen-bond acceptors (Lipinski definition) is 5. The van der Waals surface area contributed by atoms with Crippen LogP contribution < -0.4 is 29.7 Å². The van der Waals surface area contributed by atoms with Crippen molar-refractivity contribution in [3.05, 3.63) is 41.4 Å². The normalized spacial score (nSPS) is 14.1. The van der Waals surface area contributed by atoms with Crippen LogP contribution in [0.4, 0.5) is 11.4 Å². The Morgan fingerprint density at radius 1 is 1.17 bits per heavy atom. The summed E-state index contributed by atoms with van der Waals surface area (Å²) in [5.41, 5.74) is 1.09. The SMILES string of the molecule is COc1ccc(Cl)cc1NC(=O)C[NH+](C)[C@H](C)C(=O)Nc1ccc2c(c1)OCO2. The molecule has 0 aliphatic carbocycles. The number of quaternary nitrogens is 1. The van der Waals surface area contributed by atoms with Crippen molar-refractivity contribution < 1.29 is 28.7 Å². The molecular formula is C20H23ClN3O5+. The lowest BCUT2D eigenvalue weighted by atomic mass is 10.2. The van der Waals surface area contributed by atoms with Gasteiger partial charge in [0.15, 0.2) is 24.1 Å². The largest absolute Gasteiger partial charge is 0.495 e. The number of anilines is 2. The van der Waals surface area contributed by atoms with Crippen LogP contribution in [0, 0.1) is 0 Å². The Balaban J connectivity index is 1.56. The van der Waals surface area contributed by atoms with Gasteiger partial charge in [-0.25, -0.2) is 0 Å². The predicted molar refractivity (Wildman–Crippen MR) is 109 cm³/mol.